The van der Waals surface area contributed by atoms with E-state index < -0.39 is 5.41 Å². The number of rotatable bonds is 5. The highest BCUT2D eigenvalue weighted by Crippen LogP contribution is 2.38. The van der Waals surface area contributed by atoms with Crippen molar-refractivity contribution in [3.63, 3.8) is 0 Å². The molecule has 0 spiro atoms. The fourth-order valence-electron chi connectivity index (χ4n) is 3.67. The second-order valence-corrected chi connectivity index (χ2v) is 7.96. The molecule has 0 aromatic heterocycles. The van der Waals surface area contributed by atoms with E-state index in [4.69, 9.17) is 21.1 Å². The average molecular weight is 416 g/mol. The Balaban J connectivity index is 1.94. The second kappa shape index (κ2) is 8.87. The Bertz CT molecular complexity index is 914. The number of benzene rings is 2. The third kappa shape index (κ3) is 4.40. The highest BCUT2D eigenvalue weighted by Gasteiger charge is 2.39. The first-order chi connectivity index (χ1) is 13.9. The third-order valence-electron chi connectivity index (χ3n) is 5.32. The van der Waals surface area contributed by atoms with Crippen molar-refractivity contribution in [2.75, 3.05) is 25.2 Å². The zero-order chi connectivity index (χ0) is 21.0. The summed E-state index contributed by atoms with van der Waals surface area (Å²) >= 11 is 6.42. The van der Waals surface area contributed by atoms with E-state index in [2.05, 4.69) is 0 Å². The first-order valence-electron chi connectivity index (χ1n) is 9.80. The fourth-order valence-corrected chi connectivity index (χ4v) is 3.92. The van der Waals surface area contributed by atoms with Crippen LogP contribution in [0.2, 0.25) is 5.02 Å². The normalized spacial score (nSPS) is 18.6. The van der Waals surface area contributed by atoms with Crippen LogP contribution in [0.5, 0.6) is 5.75 Å². The van der Waals surface area contributed by atoms with Crippen LogP contribution < -0.4 is 9.64 Å². The van der Waals surface area contributed by atoms with Crippen LogP contribution in [0.25, 0.3) is 0 Å². The van der Waals surface area contributed by atoms with Gasteiger partial charge in [0.25, 0.3) is 5.91 Å². The van der Waals surface area contributed by atoms with E-state index in [0.717, 1.165) is 17.7 Å². The van der Waals surface area contributed by atoms with Crippen molar-refractivity contribution in [2.24, 2.45) is 5.41 Å². The Labute approximate surface area is 176 Å². The SMILES string of the molecule is CCCOc1ccc(C(=O)N2CCC(C)(C(=O)OC)Cc3ccccc32)c(Cl)c1. The molecule has 154 valence electrons. The number of carbonyl (C=O) groups is 2. The number of esters is 1. The predicted octanol–water partition coefficient (Wildman–Crippen LogP) is 4.90. The monoisotopic (exact) mass is 415 g/mol. The van der Waals surface area contributed by atoms with Crippen LogP contribution in [0.1, 0.15) is 42.6 Å². The van der Waals surface area contributed by atoms with Crippen molar-refractivity contribution in [1.82, 2.24) is 0 Å². The van der Waals surface area contributed by atoms with Crippen molar-refractivity contribution in [2.45, 2.75) is 33.1 Å². The number of halogens is 1. The molecule has 0 saturated heterocycles. The number of carbonyl (C=O) groups excluding carboxylic acids is 2. The van der Waals surface area contributed by atoms with Gasteiger partial charge in [0.05, 0.1) is 29.7 Å². The molecule has 6 heteroatoms. The maximum absolute atomic E-state index is 13.4. The van der Waals surface area contributed by atoms with Crippen molar-refractivity contribution in [1.29, 1.82) is 0 Å². The molecule has 0 radical (unpaired) electrons. The maximum atomic E-state index is 13.4. The molecule has 1 heterocycles. The van der Waals surface area contributed by atoms with E-state index in [0.29, 0.717) is 42.3 Å². The van der Waals surface area contributed by atoms with Crippen LogP contribution in [0, 0.1) is 5.41 Å². The molecule has 29 heavy (non-hydrogen) atoms. The zero-order valence-electron chi connectivity index (χ0n) is 17.0. The Morgan fingerprint density at radius 1 is 1.21 bits per heavy atom. The van der Waals surface area contributed by atoms with E-state index in [1.165, 1.54) is 7.11 Å². The van der Waals surface area contributed by atoms with Gasteiger partial charge < -0.3 is 14.4 Å². The molecule has 1 aliphatic rings. The second-order valence-electron chi connectivity index (χ2n) is 7.55. The summed E-state index contributed by atoms with van der Waals surface area (Å²) in [4.78, 5) is 27.5. The van der Waals surface area contributed by atoms with E-state index in [1.807, 2.05) is 38.1 Å². The van der Waals surface area contributed by atoms with Crippen molar-refractivity contribution in [3.8, 4) is 5.75 Å². The minimum atomic E-state index is -0.693. The van der Waals surface area contributed by atoms with Gasteiger partial charge in [-0.05, 0) is 56.0 Å². The number of para-hydroxylation sites is 1. The number of ether oxygens (including phenoxy) is 2. The van der Waals surface area contributed by atoms with Gasteiger partial charge in [-0.15, -0.1) is 0 Å². The molecule has 0 saturated carbocycles. The van der Waals surface area contributed by atoms with Crippen LogP contribution in [0.15, 0.2) is 42.5 Å². The van der Waals surface area contributed by atoms with Crippen molar-refractivity contribution in [3.05, 3.63) is 58.6 Å². The standard InChI is InChI=1S/C23H26ClNO4/c1-4-13-29-17-9-10-18(19(24)14-17)21(26)25-12-11-23(2,22(27)28-3)15-16-7-5-6-8-20(16)25/h5-10,14H,4,11-13,15H2,1-3H3. The molecule has 1 atom stereocenters. The maximum Gasteiger partial charge on any atom is 0.311 e. The molecule has 3 rings (SSSR count). The summed E-state index contributed by atoms with van der Waals surface area (Å²) in [5, 5.41) is 0.348. The Kier molecular flexibility index (Phi) is 6.48. The Hall–Kier alpha value is -2.53. The number of methoxy groups -OCH3 is 1. The molecule has 1 unspecified atom stereocenters. The van der Waals surface area contributed by atoms with Crippen molar-refractivity contribution < 1.29 is 19.1 Å². The summed E-state index contributed by atoms with van der Waals surface area (Å²) in [6.07, 6.45) is 1.90. The van der Waals surface area contributed by atoms with Crippen LogP contribution in [0.4, 0.5) is 5.69 Å². The summed E-state index contributed by atoms with van der Waals surface area (Å²) in [5.74, 6) is 0.179. The van der Waals surface area contributed by atoms with Crippen LogP contribution >= 0.6 is 11.6 Å². The minimum absolute atomic E-state index is 0.196. The lowest BCUT2D eigenvalue weighted by Crippen LogP contribution is -2.36. The third-order valence-corrected chi connectivity index (χ3v) is 5.63. The molecule has 0 aliphatic carbocycles. The van der Waals surface area contributed by atoms with Crippen LogP contribution in [-0.4, -0.2) is 32.1 Å². The van der Waals surface area contributed by atoms with Crippen LogP contribution in [0.3, 0.4) is 0 Å². The zero-order valence-corrected chi connectivity index (χ0v) is 17.8. The van der Waals surface area contributed by atoms with E-state index in [9.17, 15) is 9.59 Å². The Morgan fingerprint density at radius 2 is 1.97 bits per heavy atom. The molecule has 5 nitrogen and oxygen atoms in total. The van der Waals surface area contributed by atoms with Gasteiger partial charge >= 0.3 is 5.97 Å². The predicted molar refractivity (Wildman–Crippen MR) is 114 cm³/mol. The first kappa shape index (κ1) is 21.2. The van der Waals surface area contributed by atoms with Gasteiger partial charge in [-0.3, -0.25) is 9.59 Å². The number of fused-ring (bicyclic) bond motifs is 1. The number of amides is 1. The molecule has 0 fully saturated rings. The number of hydrogen-bond donors (Lipinski definition) is 0. The molecule has 2 aromatic carbocycles. The highest BCUT2D eigenvalue weighted by atomic mass is 35.5. The quantitative estimate of drug-likeness (QED) is 0.651. The number of anilines is 1. The molecular weight excluding hydrogens is 390 g/mol. The molecule has 0 N–H and O–H groups in total. The lowest BCUT2D eigenvalue weighted by atomic mass is 9.81. The largest absolute Gasteiger partial charge is 0.494 e. The van der Waals surface area contributed by atoms with Gasteiger partial charge in [-0.2, -0.15) is 0 Å². The van der Waals surface area contributed by atoms with E-state index in [-0.39, 0.29) is 11.9 Å². The van der Waals surface area contributed by atoms with Gasteiger partial charge in [0.2, 0.25) is 0 Å². The lowest BCUT2D eigenvalue weighted by Gasteiger charge is -2.25. The van der Waals surface area contributed by atoms with Crippen LogP contribution in [-0.2, 0) is 16.0 Å². The molecule has 0 bridgehead atoms. The van der Waals surface area contributed by atoms with E-state index >= 15 is 0 Å². The summed E-state index contributed by atoms with van der Waals surface area (Å²) in [6.45, 7) is 4.90. The van der Waals surface area contributed by atoms with E-state index in [1.54, 1.807) is 23.1 Å². The summed E-state index contributed by atoms with van der Waals surface area (Å²) in [7, 11) is 1.40. The fraction of sp³-hybridized carbons (Fsp3) is 0.391. The Morgan fingerprint density at radius 3 is 2.66 bits per heavy atom. The van der Waals surface area contributed by atoms with Gasteiger partial charge in [0, 0.05) is 12.2 Å². The topological polar surface area (TPSA) is 55.8 Å². The summed E-state index contributed by atoms with van der Waals surface area (Å²) in [5.41, 5.74) is 1.45. The van der Waals surface area contributed by atoms with Gasteiger partial charge in [0.1, 0.15) is 5.75 Å². The van der Waals surface area contributed by atoms with Gasteiger partial charge in [0.15, 0.2) is 0 Å². The smallest absolute Gasteiger partial charge is 0.311 e. The molecule has 1 amide bonds. The number of hydrogen-bond acceptors (Lipinski definition) is 4. The van der Waals surface area contributed by atoms with Gasteiger partial charge in [-0.25, -0.2) is 0 Å². The minimum Gasteiger partial charge on any atom is -0.494 e. The highest BCUT2D eigenvalue weighted by molar-refractivity contribution is 6.34. The number of nitrogens with zero attached hydrogens (tertiary/aromatic N) is 1. The summed E-state index contributed by atoms with van der Waals surface area (Å²) in [6, 6.07) is 12.8. The van der Waals surface area contributed by atoms with Crippen molar-refractivity contribution >= 4 is 29.2 Å². The first-order valence-corrected chi connectivity index (χ1v) is 10.2. The molecule has 2 aromatic rings. The average Bonchev–Trinajstić information content (AvgIpc) is 2.88. The molecule has 1 aliphatic heterocycles. The van der Waals surface area contributed by atoms with Gasteiger partial charge in [-0.1, -0.05) is 36.7 Å². The molecular formula is C23H26ClNO4. The lowest BCUT2D eigenvalue weighted by molar-refractivity contribution is -0.152. The summed E-state index contributed by atoms with van der Waals surface area (Å²) < 4.78 is 10.6.